The molecule has 25 heavy (non-hydrogen) atoms. The minimum atomic E-state index is -0.558. The van der Waals surface area contributed by atoms with Gasteiger partial charge in [0.25, 0.3) is 5.91 Å². The predicted octanol–water partition coefficient (Wildman–Crippen LogP) is 1.29. The SMILES string of the molecule is CNC(C(=O)Nc1cccc(NC(=O)C(C)OC)c1)c1cnn(C)c1. The van der Waals surface area contributed by atoms with E-state index in [0.717, 1.165) is 5.56 Å². The van der Waals surface area contributed by atoms with Crippen molar-refractivity contribution in [3.8, 4) is 0 Å². The van der Waals surface area contributed by atoms with Crippen LogP contribution in [0.1, 0.15) is 18.5 Å². The van der Waals surface area contributed by atoms with Gasteiger partial charge in [0.1, 0.15) is 12.1 Å². The molecule has 0 aliphatic carbocycles. The fourth-order valence-corrected chi connectivity index (χ4v) is 2.28. The molecular weight excluding hydrogens is 322 g/mol. The number of nitrogens with one attached hydrogen (secondary N) is 3. The van der Waals surface area contributed by atoms with Crippen LogP contribution in [-0.2, 0) is 21.4 Å². The Morgan fingerprint density at radius 2 is 1.84 bits per heavy atom. The van der Waals surface area contributed by atoms with E-state index >= 15 is 0 Å². The fourth-order valence-electron chi connectivity index (χ4n) is 2.28. The average Bonchev–Trinajstić information content (AvgIpc) is 3.01. The number of amides is 2. The smallest absolute Gasteiger partial charge is 0.253 e. The van der Waals surface area contributed by atoms with Crippen LogP contribution in [0, 0.1) is 0 Å². The Bertz CT molecular complexity index is 743. The van der Waals surface area contributed by atoms with Crippen molar-refractivity contribution in [2.75, 3.05) is 24.8 Å². The lowest BCUT2D eigenvalue weighted by molar-refractivity contribution is -0.124. The molecule has 2 atom stereocenters. The summed E-state index contributed by atoms with van der Waals surface area (Å²) in [5, 5.41) is 12.6. The van der Waals surface area contributed by atoms with Crippen molar-refractivity contribution in [1.29, 1.82) is 0 Å². The summed E-state index contributed by atoms with van der Waals surface area (Å²) < 4.78 is 6.62. The molecule has 0 spiro atoms. The van der Waals surface area contributed by atoms with Gasteiger partial charge in [0, 0.05) is 37.3 Å². The van der Waals surface area contributed by atoms with Crippen LogP contribution < -0.4 is 16.0 Å². The van der Waals surface area contributed by atoms with Gasteiger partial charge in [0.15, 0.2) is 0 Å². The molecule has 1 heterocycles. The zero-order chi connectivity index (χ0) is 18.4. The Balaban J connectivity index is 2.07. The summed E-state index contributed by atoms with van der Waals surface area (Å²) in [6, 6.07) is 6.41. The van der Waals surface area contributed by atoms with E-state index in [-0.39, 0.29) is 11.8 Å². The fraction of sp³-hybridized carbons (Fsp3) is 0.353. The molecule has 0 aliphatic rings. The molecule has 3 N–H and O–H groups in total. The van der Waals surface area contributed by atoms with Crippen molar-refractivity contribution in [3.63, 3.8) is 0 Å². The molecule has 2 rings (SSSR count). The highest BCUT2D eigenvalue weighted by Crippen LogP contribution is 2.18. The summed E-state index contributed by atoms with van der Waals surface area (Å²) in [7, 11) is 4.97. The maximum Gasteiger partial charge on any atom is 0.253 e. The van der Waals surface area contributed by atoms with Crippen LogP contribution in [0.15, 0.2) is 36.7 Å². The molecule has 2 amide bonds. The third-order valence-electron chi connectivity index (χ3n) is 3.73. The van der Waals surface area contributed by atoms with Crippen molar-refractivity contribution >= 4 is 23.2 Å². The molecule has 0 fully saturated rings. The summed E-state index contributed by atoms with van der Waals surface area (Å²) in [5.74, 6) is -0.473. The van der Waals surface area contributed by atoms with E-state index in [1.165, 1.54) is 7.11 Å². The number of likely N-dealkylation sites (N-methyl/N-ethyl adjacent to an activating group) is 1. The molecule has 0 radical (unpaired) electrons. The largest absolute Gasteiger partial charge is 0.372 e. The molecule has 2 aromatic rings. The van der Waals surface area contributed by atoms with Gasteiger partial charge >= 0.3 is 0 Å². The van der Waals surface area contributed by atoms with E-state index < -0.39 is 12.1 Å². The molecule has 134 valence electrons. The quantitative estimate of drug-likeness (QED) is 0.703. The predicted molar refractivity (Wildman–Crippen MR) is 95.2 cm³/mol. The number of hydrogen-bond acceptors (Lipinski definition) is 5. The number of nitrogens with zero attached hydrogens (tertiary/aromatic N) is 2. The lowest BCUT2D eigenvalue weighted by atomic mass is 10.1. The normalized spacial score (nSPS) is 13.1. The molecule has 1 aromatic heterocycles. The number of rotatable bonds is 7. The van der Waals surface area contributed by atoms with Gasteiger partial charge < -0.3 is 20.7 Å². The molecule has 0 aliphatic heterocycles. The highest BCUT2D eigenvalue weighted by Gasteiger charge is 2.20. The number of ether oxygens (including phenoxy) is 1. The molecule has 0 saturated carbocycles. The van der Waals surface area contributed by atoms with Crippen LogP contribution in [0.3, 0.4) is 0 Å². The Hall–Kier alpha value is -2.71. The highest BCUT2D eigenvalue weighted by molar-refractivity contribution is 5.97. The van der Waals surface area contributed by atoms with Crippen LogP contribution in [-0.4, -0.2) is 41.9 Å². The van der Waals surface area contributed by atoms with Crippen molar-refractivity contribution in [3.05, 3.63) is 42.2 Å². The van der Waals surface area contributed by atoms with E-state index in [0.29, 0.717) is 11.4 Å². The third kappa shape index (κ3) is 4.88. The monoisotopic (exact) mass is 345 g/mol. The maximum atomic E-state index is 12.5. The molecule has 8 heteroatoms. The Morgan fingerprint density at radius 3 is 2.36 bits per heavy atom. The topological polar surface area (TPSA) is 97.3 Å². The zero-order valence-electron chi connectivity index (χ0n) is 14.7. The van der Waals surface area contributed by atoms with Gasteiger partial charge in [-0.25, -0.2) is 0 Å². The van der Waals surface area contributed by atoms with Gasteiger partial charge in [-0.2, -0.15) is 5.10 Å². The maximum absolute atomic E-state index is 12.5. The van der Waals surface area contributed by atoms with Crippen LogP contribution in [0.5, 0.6) is 0 Å². The number of carbonyl (C=O) groups excluding carboxylic acids is 2. The molecule has 0 bridgehead atoms. The first kappa shape index (κ1) is 18.6. The number of hydrogen-bond donors (Lipinski definition) is 3. The van der Waals surface area contributed by atoms with Crippen LogP contribution in [0.4, 0.5) is 11.4 Å². The second kappa shape index (κ2) is 8.41. The number of anilines is 2. The first-order chi connectivity index (χ1) is 11.9. The summed E-state index contributed by atoms with van der Waals surface area (Å²) in [6.07, 6.45) is 2.87. The molecule has 2 unspecified atom stereocenters. The first-order valence-corrected chi connectivity index (χ1v) is 7.85. The minimum absolute atomic E-state index is 0.218. The summed E-state index contributed by atoms with van der Waals surface area (Å²) in [5.41, 5.74) is 1.92. The molecule has 8 nitrogen and oxygen atoms in total. The number of aryl methyl sites for hydroxylation is 1. The lowest BCUT2D eigenvalue weighted by Gasteiger charge is -2.15. The Labute approximate surface area is 146 Å². The second-order valence-electron chi connectivity index (χ2n) is 5.61. The minimum Gasteiger partial charge on any atom is -0.372 e. The van der Waals surface area contributed by atoms with Gasteiger partial charge in [-0.15, -0.1) is 0 Å². The molecular formula is C17H23N5O3. The van der Waals surface area contributed by atoms with E-state index in [2.05, 4.69) is 21.0 Å². The van der Waals surface area contributed by atoms with Crippen molar-refractivity contribution in [1.82, 2.24) is 15.1 Å². The summed E-state index contributed by atoms with van der Waals surface area (Å²) in [4.78, 5) is 24.4. The van der Waals surface area contributed by atoms with Crippen LogP contribution in [0.2, 0.25) is 0 Å². The van der Waals surface area contributed by atoms with Crippen LogP contribution in [0.25, 0.3) is 0 Å². The second-order valence-corrected chi connectivity index (χ2v) is 5.61. The molecule has 1 aromatic carbocycles. The Kier molecular flexibility index (Phi) is 6.26. The van der Waals surface area contributed by atoms with Gasteiger partial charge in [-0.05, 0) is 32.2 Å². The summed E-state index contributed by atoms with van der Waals surface area (Å²) in [6.45, 7) is 1.66. The van der Waals surface area contributed by atoms with Crippen LogP contribution >= 0.6 is 0 Å². The standard InChI is InChI=1S/C17H23N5O3/c1-11(25-4)16(23)20-13-6-5-7-14(8-13)21-17(24)15(18-2)12-9-19-22(3)10-12/h5-11,15,18H,1-4H3,(H,20,23)(H,21,24). The lowest BCUT2D eigenvalue weighted by Crippen LogP contribution is -2.30. The average molecular weight is 345 g/mol. The zero-order valence-corrected chi connectivity index (χ0v) is 14.7. The first-order valence-electron chi connectivity index (χ1n) is 7.85. The number of benzene rings is 1. The molecule has 0 saturated heterocycles. The third-order valence-corrected chi connectivity index (χ3v) is 3.73. The van der Waals surface area contributed by atoms with Crippen molar-refractivity contribution in [2.45, 2.75) is 19.1 Å². The van der Waals surface area contributed by atoms with E-state index in [1.807, 2.05) is 0 Å². The number of aromatic nitrogens is 2. The van der Waals surface area contributed by atoms with E-state index in [1.54, 1.807) is 62.4 Å². The van der Waals surface area contributed by atoms with Gasteiger partial charge in [0.2, 0.25) is 5.91 Å². The van der Waals surface area contributed by atoms with Gasteiger partial charge in [0.05, 0.1) is 6.20 Å². The van der Waals surface area contributed by atoms with Crippen molar-refractivity contribution < 1.29 is 14.3 Å². The van der Waals surface area contributed by atoms with Gasteiger partial charge in [-0.1, -0.05) is 6.07 Å². The Morgan fingerprint density at radius 1 is 1.20 bits per heavy atom. The van der Waals surface area contributed by atoms with Crippen molar-refractivity contribution in [2.24, 2.45) is 7.05 Å². The van der Waals surface area contributed by atoms with E-state index in [4.69, 9.17) is 4.74 Å². The number of methoxy groups -OCH3 is 1. The van der Waals surface area contributed by atoms with Gasteiger partial charge in [-0.3, -0.25) is 14.3 Å². The highest BCUT2D eigenvalue weighted by atomic mass is 16.5. The van der Waals surface area contributed by atoms with E-state index in [9.17, 15) is 9.59 Å². The summed E-state index contributed by atoms with van der Waals surface area (Å²) >= 11 is 0. The number of carbonyl (C=O) groups is 2.